The average molecular weight is 384 g/mol. The Morgan fingerprint density at radius 2 is 2.08 bits per heavy atom. The number of likely N-dealkylation sites (tertiary alicyclic amines) is 1. The zero-order valence-electron chi connectivity index (χ0n) is 14.7. The van der Waals surface area contributed by atoms with Gasteiger partial charge >= 0.3 is 5.97 Å². The number of carboxylic acid groups (broad SMARTS) is 1. The smallest absolute Gasteiger partial charge is 0.326 e. The highest BCUT2D eigenvalue weighted by Gasteiger charge is 2.32. The van der Waals surface area contributed by atoms with E-state index in [1.165, 1.54) is 12.1 Å². The molecule has 1 aliphatic heterocycles. The van der Waals surface area contributed by atoms with Crippen LogP contribution >= 0.6 is 12.2 Å². The minimum Gasteiger partial charge on any atom is -0.480 e. The number of nitrogens with one attached hydrogen (secondary N) is 1. The van der Waals surface area contributed by atoms with E-state index < -0.39 is 29.6 Å². The summed E-state index contributed by atoms with van der Waals surface area (Å²) in [6.07, 6.45) is 1.24. The first kappa shape index (κ1) is 20.2. The summed E-state index contributed by atoms with van der Waals surface area (Å²) in [5, 5.41) is 11.7. The normalized spacial score (nSPS) is 18.3. The summed E-state index contributed by atoms with van der Waals surface area (Å²) in [6, 6.07) is 2.71. The van der Waals surface area contributed by atoms with E-state index in [9.17, 15) is 23.5 Å². The molecule has 0 aliphatic carbocycles. The Bertz CT molecular complexity index is 712. The molecule has 1 aliphatic rings. The lowest BCUT2D eigenvalue weighted by Gasteiger charge is -2.27. The summed E-state index contributed by atoms with van der Waals surface area (Å²) in [5.41, 5.74) is 0.172. The number of carboxylic acids is 1. The van der Waals surface area contributed by atoms with Gasteiger partial charge in [0.2, 0.25) is 5.91 Å². The summed E-state index contributed by atoms with van der Waals surface area (Å²) < 4.78 is 27.3. The van der Waals surface area contributed by atoms with Gasteiger partial charge in [-0.1, -0.05) is 38.2 Å². The van der Waals surface area contributed by atoms with Crippen molar-refractivity contribution in [3.63, 3.8) is 0 Å². The average Bonchev–Trinajstić information content (AvgIpc) is 2.89. The van der Waals surface area contributed by atoms with Crippen LogP contribution in [0.15, 0.2) is 18.2 Å². The van der Waals surface area contributed by atoms with Crippen LogP contribution in [0.4, 0.5) is 8.78 Å². The first-order valence-corrected chi connectivity index (χ1v) is 8.86. The van der Waals surface area contributed by atoms with Crippen LogP contribution in [-0.2, 0) is 16.1 Å². The van der Waals surface area contributed by atoms with E-state index >= 15 is 0 Å². The second-order valence-corrected chi connectivity index (χ2v) is 7.23. The molecular weight excluding hydrogens is 362 g/mol. The number of halogens is 2. The lowest BCUT2D eigenvalue weighted by molar-refractivity contribution is -0.143. The highest BCUT2D eigenvalue weighted by atomic mass is 32.1. The van der Waals surface area contributed by atoms with E-state index in [0.717, 1.165) is 6.07 Å². The molecule has 2 rings (SSSR count). The summed E-state index contributed by atoms with van der Waals surface area (Å²) in [5.74, 6) is -3.59. The molecule has 0 bridgehead atoms. The molecule has 1 aromatic rings. The molecule has 1 heterocycles. The van der Waals surface area contributed by atoms with E-state index in [-0.39, 0.29) is 30.5 Å². The van der Waals surface area contributed by atoms with Crippen molar-refractivity contribution in [1.82, 2.24) is 10.2 Å². The third-order valence-electron chi connectivity index (χ3n) is 4.50. The molecule has 142 valence electrons. The molecule has 0 aromatic heterocycles. The van der Waals surface area contributed by atoms with Gasteiger partial charge in [0.05, 0.1) is 4.99 Å². The quantitative estimate of drug-likeness (QED) is 0.708. The van der Waals surface area contributed by atoms with E-state index in [0.29, 0.717) is 17.8 Å². The fraction of sp³-hybridized carbons (Fsp3) is 0.500. The van der Waals surface area contributed by atoms with Crippen molar-refractivity contribution in [3.05, 3.63) is 35.4 Å². The van der Waals surface area contributed by atoms with Gasteiger partial charge in [-0.05, 0) is 24.8 Å². The Hall–Kier alpha value is -2.09. The Morgan fingerprint density at radius 3 is 2.69 bits per heavy atom. The summed E-state index contributed by atoms with van der Waals surface area (Å²) in [4.78, 5) is 25.8. The predicted molar refractivity (Wildman–Crippen MR) is 96.5 cm³/mol. The molecule has 2 atom stereocenters. The number of hydrogen-bond donors (Lipinski definition) is 2. The highest BCUT2D eigenvalue weighted by molar-refractivity contribution is 7.80. The first-order chi connectivity index (χ1) is 12.2. The molecule has 5 nitrogen and oxygen atoms in total. The zero-order valence-corrected chi connectivity index (χ0v) is 15.5. The van der Waals surface area contributed by atoms with Crippen LogP contribution in [0, 0.1) is 17.6 Å². The first-order valence-electron chi connectivity index (χ1n) is 8.45. The van der Waals surface area contributed by atoms with Gasteiger partial charge in [-0.3, -0.25) is 4.79 Å². The number of nitrogens with zero attached hydrogens (tertiary/aromatic N) is 1. The summed E-state index contributed by atoms with van der Waals surface area (Å²) in [6.45, 7) is 3.50. The fourth-order valence-electron chi connectivity index (χ4n) is 3.04. The molecule has 0 spiro atoms. The number of hydrogen-bond acceptors (Lipinski definition) is 3. The van der Waals surface area contributed by atoms with Gasteiger partial charge in [-0.15, -0.1) is 0 Å². The molecule has 8 heteroatoms. The molecule has 1 amide bonds. The van der Waals surface area contributed by atoms with Crippen molar-refractivity contribution >= 4 is 29.1 Å². The second-order valence-electron chi connectivity index (χ2n) is 6.76. The van der Waals surface area contributed by atoms with Crippen molar-refractivity contribution in [2.75, 3.05) is 0 Å². The SMILES string of the molecule is CC(C)[C@H](NC(=O)C[C@@H]1CCC(=S)N1Cc1cccc(F)c1F)C(=O)O. The maximum Gasteiger partial charge on any atom is 0.326 e. The van der Waals surface area contributed by atoms with Crippen LogP contribution in [0.1, 0.15) is 38.7 Å². The van der Waals surface area contributed by atoms with Crippen LogP contribution in [0.5, 0.6) is 0 Å². The molecular formula is C18H22F2N2O3S. The third kappa shape index (κ3) is 4.75. The van der Waals surface area contributed by atoms with E-state index in [1.807, 2.05) is 0 Å². The Balaban J connectivity index is 2.06. The molecule has 0 saturated carbocycles. The number of aliphatic carboxylic acids is 1. The van der Waals surface area contributed by atoms with Crippen LogP contribution in [0.3, 0.4) is 0 Å². The maximum atomic E-state index is 13.9. The van der Waals surface area contributed by atoms with Crippen molar-refractivity contribution in [2.24, 2.45) is 5.92 Å². The molecule has 0 unspecified atom stereocenters. The standard InChI is InChI=1S/C18H22F2N2O3S/c1-10(2)17(18(24)25)21-14(23)8-12-6-7-15(26)22(12)9-11-4-3-5-13(19)16(11)20/h3-5,10,12,17H,6-9H2,1-2H3,(H,21,23)(H,24,25)/t12-,17-/m0/s1. The lowest BCUT2D eigenvalue weighted by atomic mass is 10.0. The number of carbonyl (C=O) groups is 2. The van der Waals surface area contributed by atoms with Crippen molar-refractivity contribution < 1.29 is 23.5 Å². The predicted octanol–water partition coefficient (Wildman–Crippen LogP) is 2.87. The highest BCUT2D eigenvalue weighted by Crippen LogP contribution is 2.26. The minimum absolute atomic E-state index is 0.0492. The van der Waals surface area contributed by atoms with Crippen molar-refractivity contribution in [3.8, 4) is 0 Å². The minimum atomic E-state index is -1.09. The number of thiocarbonyl (C=S) groups is 1. The van der Waals surface area contributed by atoms with Gasteiger partial charge in [0, 0.05) is 24.6 Å². The lowest BCUT2D eigenvalue weighted by Crippen LogP contribution is -2.46. The molecule has 0 radical (unpaired) electrons. The van der Waals surface area contributed by atoms with E-state index in [2.05, 4.69) is 5.32 Å². The van der Waals surface area contributed by atoms with Gasteiger partial charge in [-0.2, -0.15) is 0 Å². The Morgan fingerprint density at radius 1 is 1.38 bits per heavy atom. The van der Waals surface area contributed by atoms with Crippen molar-refractivity contribution in [2.45, 2.75) is 51.7 Å². The monoisotopic (exact) mass is 384 g/mol. The molecule has 1 aromatic carbocycles. The molecule has 2 N–H and O–H groups in total. The molecule has 1 saturated heterocycles. The third-order valence-corrected chi connectivity index (χ3v) is 4.93. The number of amides is 1. The Labute approximate surface area is 156 Å². The molecule has 26 heavy (non-hydrogen) atoms. The van der Waals surface area contributed by atoms with Gasteiger partial charge in [0.15, 0.2) is 11.6 Å². The van der Waals surface area contributed by atoms with Gasteiger partial charge < -0.3 is 15.3 Å². The van der Waals surface area contributed by atoms with Gasteiger partial charge in [0.25, 0.3) is 0 Å². The van der Waals surface area contributed by atoms with Crippen LogP contribution < -0.4 is 5.32 Å². The van der Waals surface area contributed by atoms with Gasteiger partial charge in [0.1, 0.15) is 6.04 Å². The number of benzene rings is 1. The van der Waals surface area contributed by atoms with Crippen LogP contribution in [0.25, 0.3) is 0 Å². The van der Waals surface area contributed by atoms with Gasteiger partial charge in [-0.25, -0.2) is 13.6 Å². The summed E-state index contributed by atoms with van der Waals surface area (Å²) >= 11 is 5.30. The summed E-state index contributed by atoms with van der Waals surface area (Å²) in [7, 11) is 0. The second kappa shape index (κ2) is 8.53. The molecule has 1 fully saturated rings. The Kier molecular flexibility index (Phi) is 6.63. The maximum absolute atomic E-state index is 13.9. The number of rotatable bonds is 7. The van der Waals surface area contributed by atoms with Crippen LogP contribution in [-0.4, -0.2) is 39.0 Å². The fourth-order valence-corrected chi connectivity index (χ4v) is 3.37. The van der Waals surface area contributed by atoms with E-state index in [1.54, 1.807) is 18.7 Å². The zero-order chi connectivity index (χ0) is 19.4. The van der Waals surface area contributed by atoms with Crippen LogP contribution in [0.2, 0.25) is 0 Å². The van der Waals surface area contributed by atoms with E-state index in [4.69, 9.17) is 12.2 Å². The largest absolute Gasteiger partial charge is 0.480 e. The van der Waals surface area contributed by atoms with Crippen molar-refractivity contribution in [1.29, 1.82) is 0 Å². The topological polar surface area (TPSA) is 69.6 Å². The number of carbonyl (C=O) groups excluding carboxylic acids is 1.